The molecule has 0 aromatic carbocycles. The van der Waals surface area contributed by atoms with Crippen molar-refractivity contribution in [3.05, 3.63) is 0 Å². The summed E-state index contributed by atoms with van der Waals surface area (Å²) in [7, 11) is 0. The second kappa shape index (κ2) is 8.74. The zero-order valence-corrected chi connectivity index (χ0v) is 12.2. The van der Waals surface area contributed by atoms with Crippen LogP contribution in [0.4, 0.5) is 4.79 Å². The third-order valence-electron chi connectivity index (χ3n) is 2.98. The van der Waals surface area contributed by atoms with E-state index in [4.69, 9.17) is 10.2 Å². The zero-order valence-electron chi connectivity index (χ0n) is 12.2. The molecule has 0 aromatic heterocycles. The van der Waals surface area contributed by atoms with Crippen LogP contribution in [0.15, 0.2) is 0 Å². The van der Waals surface area contributed by atoms with E-state index in [-0.39, 0.29) is 6.04 Å². The van der Waals surface area contributed by atoms with Crippen LogP contribution in [0.25, 0.3) is 0 Å². The highest BCUT2D eigenvalue weighted by Crippen LogP contribution is 2.12. The van der Waals surface area contributed by atoms with Gasteiger partial charge in [-0.1, -0.05) is 27.7 Å². The maximum atomic E-state index is 12.2. The minimum Gasteiger partial charge on any atom is -0.480 e. The molecule has 6 heteroatoms. The molecular weight excluding hydrogens is 248 g/mol. The van der Waals surface area contributed by atoms with Gasteiger partial charge in [-0.15, -0.1) is 0 Å². The normalized spacial score (nSPS) is 12.6. The van der Waals surface area contributed by atoms with E-state index in [1.807, 2.05) is 27.7 Å². The fourth-order valence-electron chi connectivity index (χ4n) is 1.94. The van der Waals surface area contributed by atoms with Gasteiger partial charge in [-0.25, -0.2) is 9.59 Å². The first-order chi connectivity index (χ1) is 8.87. The average molecular weight is 274 g/mol. The number of hydrogen-bond acceptors (Lipinski definition) is 3. The number of carbonyl (C=O) groups is 2. The fraction of sp³-hybridized carbons (Fsp3) is 0.846. The Morgan fingerprint density at radius 2 is 1.74 bits per heavy atom. The van der Waals surface area contributed by atoms with Crippen molar-refractivity contribution >= 4 is 12.0 Å². The topological polar surface area (TPSA) is 89.9 Å². The average Bonchev–Trinajstić information content (AvgIpc) is 2.34. The Morgan fingerprint density at radius 3 is 2.05 bits per heavy atom. The molecule has 6 nitrogen and oxygen atoms in total. The third kappa shape index (κ3) is 5.92. The van der Waals surface area contributed by atoms with Gasteiger partial charge in [0.05, 0.1) is 6.61 Å². The monoisotopic (exact) mass is 274 g/mol. The molecule has 0 bridgehead atoms. The number of carboxylic acid groups (broad SMARTS) is 1. The van der Waals surface area contributed by atoms with Gasteiger partial charge in [0.1, 0.15) is 0 Å². The second-order valence-electron chi connectivity index (χ2n) is 5.04. The number of aliphatic hydroxyl groups excluding tert-OH is 1. The summed E-state index contributed by atoms with van der Waals surface area (Å²) in [6.45, 7) is 7.95. The number of nitrogens with zero attached hydrogens (tertiary/aromatic N) is 1. The van der Waals surface area contributed by atoms with Crippen LogP contribution in [-0.4, -0.2) is 52.3 Å². The van der Waals surface area contributed by atoms with Crippen LogP contribution < -0.4 is 5.32 Å². The maximum Gasteiger partial charge on any atom is 0.328 e. The molecule has 0 saturated carbocycles. The second-order valence-corrected chi connectivity index (χ2v) is 5.04. The van der Waals surface area contributed by atoms with Gasteiger partial charge in [-0.3, -0.25) is 0 Å². The van der Waals surface area contributed by atoms with Crippen molar-refractivity contribution < 1.29 is 19.8 Å². The highest BCUT2D eigenvalue weighted by molar-refractivity contribution is 5.82. The van der Waals surface area contributed by atoms with Crippen molar-refractivity contribution in [1.29, 1.82) is 0 Å². The first kappa shape index (κ1) is 17.7. The van der Waals surface area contributed by atoms with E-state index >= 15 is 0 Å². The molecule has 0 aliphatic rings. The Hall–Kier alpha value is -1.30. The number of amides is 2. The number of rotatable bonds is 8. The molecule has 2 amide bonds. The molecule has 0 aliphatic heterocycles. The van der Waals surface area contributed by atoms with Crippen LogP contribution in [-0.2, 0) is 4.79 Å². The molecule has 19 heavy (non-hydrogen) atoms. The molecule has 0 rings (SSSR count). The van der Waals surface area contributed by atoms with Gasteiger partial charge < -0.3 is 20.4 Å². The predicted molar refractivity (Wildman–Crippen MR) is 73.0 cm³/mol. The van der Waals surface area contributed by atoms with E-state index in [1.165, 1.54) is 0 Å². The highest BCUT2D eigenvalue weighted by Gasteiger charge is 2.26. The van der Waals surface area contributed by atoms with E-state index < -0.39 is 24.6 Å². The summed E-state index contributed by atoms with van der Waals surface area (Å²) in [6, 6.07) is -1.60. The zero-order chi connectivity index (χ0) is 15.0. The molecular formula is C13H26N2O4. The van der Waals surface area contributed by atoms with E-state index in [2.05, 4.69) is 5.32 Å². The first-order valence-corrected chi connectivity index (χ1v) is 6.78. The van der Waals surface area contributed by atoms with Crippen molar-refractivity contribution in [2.75, 3.05) is 13.2 Å². The molecule has 0 saturated heterocycles. The van der Waals surface area contributed by atoms with Crippen LogP contribution in [0.3, 0.4) is 0 Å². The molecule has 0 aromatic rings. The Morgan fingerprint density at radius 1 is 1.21 bits per heavy atom. The molecule has 112 valence electrons. The van der Waals surface area contributed by atoms with E-state index in [0.717, 1.165) is 12.8 Å². The van der Waals surface area contributed by atoms with Crippen LogP contribution in [0, 0.1) is 5.92 Å². The smallest absolute Gasteiger partial charge is 0.328 e. The summed E-state index contributed by atoms with van der Waals surface area (Å²) >= 11 is 0. The highest BCUT2D eigenvalue weighted by atomic mass is 16.4. The molecule has 0 radical (unpaired) electrons. The number of aliphatic carboxylic acids is 1. The van der Waals surface area contributed by atoms with Gasteiger partial charge in [0.2, 0.25) is 0 Å². The number of carbonyl (C=O) groups excluding carboxylic acids is 1. The molecule has 3 N–H and O–H groups in total. The Balaban J connectivity index is 4.84. The van der Waals surface area contributed by atoms with E-state index in [1.54, 1.807) is 4.90 Å². The fourth-order valence-corrected chi connectivity index (χ4v) is 1.94. The summed E-state index contributed by atoms with van der Waals surface area (Å²) in [5, 5.41) is 20.2. The SMILES string of the molecule is CCC(CC)N(CC(C)C)C(=O)NC(CO)C(=O)O. The lowest BCUT2D eigenvalue weighted by Gasteiger charge is -2.32. The molecule has 1 atom stereocenters. The van der Waals surface area contributed by atoms with Gasteiger partial charge in [0.15, 0.2) is 6.04 Å². The summed E-state index contributed by atoms with van der Waals surface area (Å²) in [5.41, 5.74) is 0. The summed E-state index contributed by atoms with van der Waals surface area (Å²) in [4.78, 5) is 24.6. The standard InChI is InChI=1S/C13H26N2O4/c1-5-10(6-2)15(7-9(3)4)13(19)14-11(8-16)12(17)18/h9-11,16H,5-8H2,1-4H3,(H,14,19)(H,17,18). The van der Waals surface area contributed by atoms with E-state index in [0.29, 0.717) is 12.5 Å². The lowest BCUT2D eigenvalue weighted by molar-refractivity contribution is -0.140. The number of aliphatic hydroxyl groups is 1. The van der Waals surface area contributed by atoms with Crippen molar-refractivity contribution in [3.63, 3.8) is 0 Å². The van der Waals surface area contributed by atoms with E-state index in [9.17, 15) is 9.59 Å². The summed E-state index contributed by atoms with van der Waals surface area (Å²) < 4.78 is 0. The number of hydrogen-bond donors (Lipinski definition) is 3. The van der Waals surface area contributed by atoms with Crippen molar-refractivity contribution in [3.8, 4) is 0 Å². The Bertz CT molecular complexity index is 290. The van der Waals surface area contributed by atoms with Gasteiger partial charge in [0, 0.05) is 12.6 Å². The van der Waals surface area contributed by atoms with Crippen LogP contribution in [0.5, 0.6) is 0 Å². The Labute approximate surface area is 114 Å². The lowest BCUT2D eigenvalue weighted by Crippen LogP contribution is -2.53. The molecule has 1 unspecified atom stereocenters. The number of carboxylic acids is 1. The van der Waals surface area contributed by atoms with Crippen molar-refractivity contribution in [1.82, 2.24) is 10.2 Å². The molecule has 0 spiro atoms. The largest absolute Gasteiger partial charge is 0.480 e. The third-order valence-corrected chi connectivity index (χ3v) is 2.98. The van der Waals surface area contributed by atoms with Crippen molar-refractivity contribution in [2.24, 2.45) is 5.92 Å². The quantitative estimate of drug-likeness (QED) is 0.622. The van der Waals surface area contributed by atoms with Gasteiger partial charge in [0.25, 0.3) is 0 Å². The summed E-state index contributed by atoms with van der Waals surface area (Å²) in [6.07, 6.45) is 1.63. The number of nitrogens with one attached hydrogen (secondary N) is 1. The minimum absolute atomic E-state index is 0.0792. The van der Waals surface area contributed by atoms with Crippen LogP contribution in [0.2, 0.25) is 0 Å². The van der Waals surface area contributed by atoms with Crippen molar-refractivity contribution in [2.45, 2.75) is 52.6 Å². The van der Waals surface area contributed by atoms with Gasteiger partial charge in [-0.2, -0.15) is 0 Å². The van der Waals surface area contributed by atoms with Crippen LogP contribution in [0.1, 0.15) is 40.5 Å². The Kier molecular flexibility index (Phi) is 8.14. The first-order valence-electron chi connectivity index (χ1n) is 6.78. The predicted octanol–water partition coefficient (Wildman–Crippen LogP) is 1.29. The van der Waals surface area contributed by atoms with Crippen LogP contribution >= 0.6 is 0 Å². The molecule has 0 fully saturated rings. The lowest BCUT2D eigenvalue weighted by atomic mass is 10.1. The summed E-state index contributed by atoms with van der Waals surface area (Å²) in [5.74, 6) is -0.936. The maximum absolute atomic E-state index is 12.2. The minimum atomic E-state index is -1.25. The number of urea groups is 1. The van der Waals surface area contributed by atoms with Gasteiger partial charge in [-0.05, 0) is 18.8 Å². The van der Waals surface area contributed by atoms with Gasteiger partial charge >= 0.3 is 12.0 Å². The molecule has 0 aliphatic carbocycles. The molecule has 0 heterocycles.